The molecule has 0 aliphatic carbocycles. The number of hydrogen-bond acceptors (Lipinski definition) is 7. The smallest absolute Gasteiger partial charge is 0.166 e. The van der Waals surface area contributed by atoms with E-state index < -0.39 is 24.5 Å². The second kappa shape index (κ2) is 5.64. The Bertz CT molecular complexity index is 876. The van der Waals surface area contributed by atoms with Gasteiger partial charge in [-0.1, -0.05) is 0 Å². The Morgan fingerprint density at radius 2 is 2.04 bits per heavy atom. The topological polar surface area (TPSA) is 118 Å². The van der Waals surface area contributed by atoms with Crippen LogP contribution >= 0.6 is 0 Å². The van der Waals surface area contributed by atoms with E-state index in [2.05, 4.69) is 15.0 Å². The predicted molar refractivity (Wildman–Crippen MR) is 82.7 cm³/mol. The van der Waals surface area contributed by atoms with Crippen LogP contribution < -0.4 is 0 Å². The van der Waals surface area contributed by atoms with Crippen molar-refractivity contribution in [2.75, 3.05) is 6.61 Å². The first-order chi connectivity index (χ1) is 11.6. The highest BCUT2D eigenvalue weighted by molar-refractivity contribution is 5.86. The van der Waals surface area contributed by atoms with Crippen LogP contribution in [0.3, 0.4) is 0 Å². The Balaban J connectivity index is 1.81. The first kappa shape index (κ1) is 15.2. The lowest BCUT2D eigenvalue weighted by Crippen LogP contribution is -2.33. The zero-order valence-electron chi connectivity index (χ0n) is 12.9. The molecule has 3 aromatic heterocycles. The maximum Gasteiger partial charge on any atom is 0.166 e. The van der Waals surface area contributed by atoms with Crippen molar-refractivity contribution >= 4 is 11.2 Å². The van der Waals surface area contributed by atoms with Crippen LogP contribution in [0.25, 0.3) is 22.6 Å². The van der Waals surface area contributed by atoms with E-state index in [1.165, 1.54) is 12.7 Å². The summed E-state index contributed by atoms with van der Waals surface area (Å²) in [6, 6.07) is 3.83. The van der Waals surface area contributed by atoms with Gasteiger partial charge >= 0.3 is 0 Å². The van der Waals surface area contributed by atoms with E-state index in [9.17, 15) is 15.3 Å². The summed E-state index contributed by atoms with van der Waals surface area (Å²) in [7, 11) is 1.91. The first-order valence-corrected chi connectivity index (χ1v) is 7.53. The molecule has 4 rings (SSSR count). The fourth-order valence-electron chi connectivity index (χ4n) is 3.04. The molecule has 3 aromatic rings. The highest BCUT2D eigenvalue weighted by atomic mass is 16.6. The molecular formula is C15H17N5O4. The largest absolute Gasteiger partial charge is 0.394 e. The van der Waals surface area contributed by atoms with Gasteiger partial charge in [0.1, 0.15) is 35.8 Å². The molecule has 0 radical (unpaired) electrons. The molecule has 0 bridgehead atoms. The summed E-state index contributed by atoms with van der Waals surface area (Å²) in [6.45, 7) is -0.384. The number of ether oxygens (including phenoxy) is 1. The summed E-state index contributed by atoms with van der Waals surface area (Å²) in [4.78, 5) is 12.9. The van der Waals surface area contributed by atoms with Gasteiger partial charge in [-0.3, -0.25) is 4.57 Å². The zero-order valence-corrected chi connectivity index (χ0v) is 12.9. The van der Waals surface area contributed by atoms with Gasteiger partial charge in [-0.2, -0.15) is 0 Å². The van der Waals surface area contributed by atoms with E-state index in [0.717, 1.165) is 5.69 Å². The minimum absolute atomic E-state index is 0.384. The number of nitrogens with zero attached hydrogens (tertiary/aromatic N) is 5. The monoisotopic (exact) mass is 331 g/mol. The van der Waals surface area contributed by atoms with Crippen LogP contribution in [0.2, 0.25) is 0 Å². The summed E-state index contributed by atoms with van der Waals surface area (Å²) in [5.41, 5.74) is 2.60. The molecule has 4 heterocycles. The van der Waals surface area contributed by atoms with E-state index in [-0.39, 0.29) is 6.61 Å². The van der Waals surface area contributed by atoms with E-state index in [1.807, 2.05) is 29.9 Å². The molecule has 4 atom stereocenters. The lowest BCUT2D eigenvalue weighted by atomic mass is 10.1. The highest BCUT2D eigenvalue weighted by Crippen LogP contribution is 2.32. The fraction of sp³-hybridized carbons (Fsp3) is 0.400. The minimum atomic E-state index is -1.19. The van der Waals surface area contributed by atoms with Crippen LogP contribution in [0, 0.1) is 0 Å². The Morgan fingerprint density at radius 3 is 2.71 bits per heavy atom. The van der Waals surface area contributed by atoms with Crippen molar-refractivity contribution in [3.63, 3.8) is 0 Å². The molecule has 9 nitrogen and oxygen atoms in total. The van der Waals surface area contributed by atoms with Crippen molar-refractivity contribution in [1.82, 2.24) is 24.1 Å². The molecule has 1 saturated heterocycles. The van der Waals surface area contributed by atoms with Crippen LogP contribution in [0.5, 0.6) is 0 Å². The van der Waals surface area contributed by atoms with Gasteiger partial charge in [-0.15, -0.1) is 0 Å². The summed E-state index contributed by atoms with van der Waals surface area (Å²) >= 11 is 0. The Kier molecular flexibility index (Phi) is 3.57. The Hall–Kier alpha value is -2.33. The van der Waals surface area contributed by atoms with Gasteiger partial charge in [-0.05, 0) is 12.1 Å². The summed E-state index contributed by atoms with van der Waals surface area (Å²) in [6.07, 6.45) is 0.734. The standard InChI is InChI=1S/C15H17N5O4/c1-19-4-2-3-8(19)10-11-14(17-6-16-10)20(7-18-11)15-13(23)12(22)9(5-21)24-15/h2-4,6-7,9,12-13,15,21-23H,5H2,1H3/t9-,12-,13-,15?/m1/s1. The van der Waals surface area contributed by atoms with Crippen LogP contribution in [0.15, 0.2) is 31.0 Å². The van der Waals surface area contributed by atoms with Gasteiger partial charge < -0.3 is 24.6 Å². The summed E-state index contributed by atoms with van der Waals surface area (Å²) in [5, 5.41) is 29.4. The van der Waals surface area contributed by atoms with Gasteiger partial charge in [0.15, 0.2) is 11.9 Å². The molecule has 9 heteroatoms. The SMILES string of the molecule is Cn1cccc1-c1ncnc2c1ncn2C1O[C@H](CO)[C@@H](O)[C@H]1O. The van der Waals surface area contributed by atoms with Gasteiger partial charge in [0.25, 0.3) is 0 Å². The van der Waals surface area contributed by atoms with Gasteiger partial charge in [0, 0.05) is 13.2 Å². The van der Waals surface area contributed by atoms with Crippen LogP contribution in [-0.4, -0.2) is 64.3 Å². The minimum Gasteiger partial charge on any atom is -0.394 e. The number of aliphatic hydroxyl groups is 3. The lowest BCUT2D eigenvalue weighted by molar-refractivity contribution is -0.0511. The van der Waals surface area contributed by atoms with Crippen molar-refractivity contribution in [1.29, 1.82) is 0 Å². The van der Waals surface area contributed by atoms with Gasteiger partial charge in [-0.25, -0.2) is 15.0 Å². The average molecular weight is 331 g/mol. The maximum atomic E-state index is 10.2. The van der Waals surface area contributed by atoms with Crippen LogP contribution in [0.1, 0.15) is 6.23 Å². The number of rotatable bonds is 3. The average Bonchev–Trinajstić information content (AvgIpc) is 3.27. The third kappa shape index (κ3) is 2.13. The molecule has 24 heavy (non-hydrogen) atoms. The molecule has 0 spiro atoms. The molecule has 0 amide bonds. The first-order valence-electron chi connectivity index (χ1n) is 7.53. The number of hydrogen-bond donors (Lipinski definition) is 3. The second-order valence-electron chi connectivity index (χ2n) is 5.78. The second-order valence-corrected chi connectivity index (χ2v) is 5.78. The van der Waals surface area contributed by atoms with E-state index in [0.29, 0.717) is 16.9 Å². The normalized spacial score (nSPS) is 27.2. The van der Waals surface area contributed by atoms with Gasteiger partial charge in [0.05, 0.1) is 18.6 Å². The molecule has 1 unspecified atom stereocenters. The summed E-state index contributed by atoms with van der Waals surface area (Å²) < 4.78 is 9.02. The zero-order chi connectivity index (χ0) is 16.8. The third-order valence-electron chi connectivity index (χ3n) is 4.34. The van der Waals surface area contributed by atoms with Crippen molar-refractivity contribution in [2.24, 2.45) is 7.05 Å². The molecule has 1 aliphatic rings. The third-order valence-corrected chi connectivity index (χ3v) is 4.34. The quantitative estimate of drug-likeness (QED) is 0.589. The van der Waals surface area contributed by atoms with E-state index >= 15 is 0 Å². The molecule has 1 fully saturated rings. The predicted octanol–water partition coefficient (Wildman–Crippen LogP) is -0.557. The van der Waals surface area contributed by atoms with Crippen molar-refractivity contribution in [2.45, 2.75) is 24.5 Å². The van der Waals surface area contributed by atoms with Crippen molar-refractivity contribution < 1.29 is 20.1 Å². The maximum absolute atomic E-state index is 10.2. The molecule has 126 valence electrons. The molecule has 0 aromatic carbocycles. The molecule has 0 saturated carbocycles. The molecular weight excluding hydrogens is 314 g/mol. The van der Waals surface area contributed by atoms with Crippen molar-refractivity contribution in [3.05, 3.63) is 31.0 Å². The van der Waals surface area contributed by atoms with Crippen LogP contribution in [0.4, 0.5) is 0 Å². The lowest BCUT2D eigenvalue weighted by Gasteiger charge is -2.16. The molecule has 1 aliphatic heterocycles. The van der Waals surface area contributed by atoms with Crippen LogP contribution in [-0.2, 0) is 11.8 Å². The number of aryl methyl sites for hydroxylation is 1. The number of imidazole rings is 1. The number of aliphatic hydroxyl groups excluding tert-OH is 3. The van der Waals surface area contributed by atoms with E-state index in [1.54, 1.807) is 4.57 Å². The van der Waals surface area contributed by atoms with Crippen molar-refractivity contribution in [3.8, 4) is 11.4 Å². The van der Waals surface area contributed by atoms with Gasteiger partial charge in [0.2, 0.25) is 0 Å². The molecule has 3 N–H and O–H groups in total. The number of aromatic nitrogens is 5. The number of fused-ring (bicyclic) bond motifs is 1. The van der Waals surface area contributed by atoms with E-state index in [4.69, 9.17) is 4.74 Å². The Morgan fingerprint density at radius 1 is 1.21 bits per heavy atom. The Labute approximate surface area is 136 Å². The fourth-order valence-corrected chi connectivity index (χ4v) is 3.04. The highest BCUT2D eigenvalue weighted by Gasteiger charge is 2.44. The summed E-state index contributed by atoms with van der Waals surface area (Å²) in [5.74, 6) is 0.